The number of rotatable bonds is 6. The summed E-state index contributed by atoms with van der Waals surface area (Å²) in [5, 5.41) is 20.9. The van der Waals surface area contributed by atoms with Crippen LogP contribution in [0, 0.1) is 0 Å². The Morgan fingerprint density at radius 1 is 1.03 bits per heavy atom. The average molecular weight is 399 g/mol. The van der Waals surface area contributed by atoms with Crippen molar-refractivity contribution in [2.24, 2.45) is 0 Å². The van der Waals surface area contributed by atoms with E-state index >= 15 is 0 Å². The SMILES string of the molecule is CC(C)c1nnc2c(NCc3ccccc3)cc(NC3CCc4ccccc43)nn12. The summed E-state index contributed by atoms with van der Waals surface area (Å²) in [5.74, 6) is 1.93. The first-order chi connectivity index (χ1) is 14.7. The molecule has 1 aliphatic rings. The number of fused-ring (bicyclic) bond motifs is 2. The summed E-state index contributed by atoms with van der Waals surface area (Å²) in [4.78, 5) is 0. The van der Waals surface area contributed by atoms with Gasteiger partial charge in [0.25, 0.3) is 0 Å². The van der Waals surface area contributed by atoms with Crippen molar-refractivity contribution in [3.05, 3.63) is 83.2 Å². The second-order valence-electron chi connectivity index (χ2n) is 8.17. The highest BCUT2D eigenvalue weighted by Crippen LogP contribution is 2.34. The van der Waals surface area contributed by atoms with E-state index in [4.69, 9.17) is 5.10 Å². The normalized spacial score (nSPS) is 15.5. The van der Waals surface area contributed by atoms with E-state index < -0.39 is 0 Å². The van der Waals surface area contributed by atoms with Gasteiger partial charge in [-0.05, 0) is 29.5 Å². The first-order valence-corrected chi connectivity index (χ1v) is 10.6. The maximum atomic E-state index is 4.85. The molecule has 6 heteroatoms. The fourth-order valence-corrected chi connectivity index (χ4v) is 4.14. The Hall–Kier alpha value is -3.41. The lowest BCUT2D eigenvalue weighted by Gasteiger charge is -2.17. The Labute approximate surface area is 176 Å². The van der Waals surface area contributed by atoms with E-state index in [1.54, 1.807) is 0 Å². The van der Waals surface area contributed by atoms with Crippen LogP contribution >= 0.6 is 0 Å². The Balaban J connectivity index is 1.49. The fraction of sp³-hybridized carbons (Fsp3) is 0.292. The smallest absolute Gasteiger partial charge is 0.201 e. The van der Waals surface area contributed by atoms with Gasteiger partial charge < -0.3 is 10.6 Å². The zero-order valence-corrected chi connectivity index (χ0v) is 17.3. The summed E-state index contributed by atoms with van der Waals surface area (Å²) >= 11 is 0. The van der Waals surface area contributed by atoms with Crippen LogP contribution in [-0.4, -0.2) is 19.8 Å². The third-order valence-corrected chi connectivity index (χ3v) is 5.69. The molecule has 2 aromatic heterocycles. The summed E-state index contributed by atoms with van der Waals surface area (Å²) in [6, 6.07) is 21.3. The van der Waals surface area contributed by atoms with Gasteiger partial charge >= 0.3 is 0 Å². The molecule has 0 spiro atoms. The molecule has 0 saturated heterocycles. The lowest BCUT2D eigenvalue weighted by molar-refractivity contribution is 0.711. The van der Waals surface area contributed by atoms with Gasteiger partial charge in [-0.15, -0.1) is 15.3 Å². The summed E-state index contributed by atoms with van der Waals surface area (Å²) in [6.45, 7) is 4.95. The topological polar surface area (TPSA) is 67.1 Å². The molecular weight excluding hydrogens is 372 g/mol. The number of hydrogen-bond acceptors (Lipinski definition) is 5. The molecule has 2 N–H and O–H groups in total. The molecule has 0 aliphatic heterocycles. The predicted molar refractivity (Wildman–Crippen MR) is 120 cm³/mol. The van der Waals surface area contributed by atoms with E-state index in [9.17, 15) is 0 Å². The number of nitrogens with zero attached hydrogens (tertiary/aromatic N) is 4. The van der Waals surface area contributed by atoms with Crippen LogP contribution in [0.15, 0.2) is 60.7 Å². The van der Waals surface area contributed by atoms with Gasteiger partial charge in [-0.2, -0.15) is 4.52 Å². The second kappa shape index (κ2) is 7.78. The van der Waals surface area contributed by atoms with Crippen molar-refractivity contribution in [2.75, 3.05) is 10.6 Å². The molecule has 1 atom stereocenters. The Bertz CT molecular complexity index is 1170. The van der Waals surface area contributed by atoms with Gasteiger partial charge in [-0.25, -0.2) is 0 Å². The molecule has 0 amide bonds. The molecule has 2 aromatic carbocycles. The van der Waals surface area contributed by atoms with Crippen LogP contribution < -0.4 is 10.6 Å². The standard InChI is InChI=1S/C24H26N6/c1-16(2)23-27-28-24-21(25-15-17-8-4-3-5-9-17)14-22(29-30(23)24)26-20-13-12-18-10-6-7-11-19(18)20/h3-11,14,16,20,25H,12-13,15H2,1-2H3,(H,26,29). The molecule has 4 aromatic rings. The fourth-order valence-electron chi connectivity index (χ4n) is 4.14. The summed E-state index contributed by atoms with van der Waals surface area (Å²) in [6.07, 6.45) is 2.17. The average Bonchev–Trinajstić information content (AvgIpc) is 3.37. The number of nitrogens with one attached hydrogen (secondary N) is 2. The van der Waals surface area contributed by atoms with Gasteiger partial charge in [0, 0.05) is 18.5 Å². The number of benzene rings is 2. The third-order valence-electron chi connectivity index (χ3n) is 5.69. The van der Waals surface area contributed by atoms with E-state index in [2.05, 4.69) is 89.3 Å². The van der Waals surface area contributed by atoms with Crippen LogP contribution in [0.4, 0.5) is 11.5 Å². The molecular formula is C24H26N6. The molecule has 152 valence electrons. The molecule has 0 saturated carbocycles. The minimum absolute atomic E-state index is 0.233. The molecule has 1 unspecified atom stereocenters. The Morgan fingerprint density at radius 2 is 1.83 bits per heavy atom. The summed E-state index contributed by atoms with van der Waals surface area (Å²) < 4.78 is 1.88. The van der Waals surface area contributed by atoms with Crippen LogP contribution in [0.25, 0.3) is 5.65 Å². The maximum Gasteiger partial charge on any atom is 0.201 e. The zero-order chi connectivity index (χ0) is 20.5. The highest BCUT2D eigenvalue weighted by atomic mass is 15.4. The molecule has 1 aliphatic carbocycles. The van der Waals surface area contributed by atoms with E-state index in [0.29, 0.717) is 0 Å². The first-order valence-electron chi connectivity index (χ1n) is 10.6. The van der Waals surface area contributed by atoms with Crippen LogP contribution in [0.5, 0.6) is 0 Å². The molecule has 6 nitrogen and oxygen atoms in total. The maximum absolute atomic E-state index is 4.85. The van der Waals surface area contributed by atoms with Gasteiger partial charge in [-0.1, -0.05) is 68.4 Å². The molecule has 0 radical (unpaired) electrons. The van der Waals surface area contributed by atoms with Crippen molar-refractivity contribution in [1.82, 2.24) is 19.8 Å². The lowest BCUT2D eigenvalue weighted by atomic mass is 10.1. The number of aromatic nitrogens is 4. The van der Waals surface area contributed by atoms with Gasteiger partial charge in [0.1, 0.15) is 5.82 Å². The van der Waals surface area contributed by atoms with E-state index in [0.717, 1.165) is 42.4 Å². The largest absolute Gasteiger partial charge is 0.378 e. The molecule has 2 heterocycles. The minimum Gasteiger partial charge on any atom is -0.378 e. The van der Waals surface area contributed by atoms with Crippen LogP contribution in [0.1, 0.15) is 54.7 Å². The Kier molecular flexibility index (Phi) is 4.83. The van der Waals surface area contributed by atoms with Gasteiger partial charge in [0.2, 0.25) is 5.65 Å². The summed E-state index contributed by atoms with van der Waals surface area (Å²) in [7, 11) is 0. The van der Waals surface area contributed by atoms with Crippen molar-refractivity contribution in [2.45, 2.75) is 45.2 Å². The van der Waals surface area contributed by atoms with Crippen molar-refractivity contribution in [1.29, 1.82) is 0 Å². The number of aryl methyl sites for hydroxylation is 1. The molecule has 0 bridgehead atoms. The minimum atomic E-state index is 0.233. The highest BCUT2D eigenvalue weighted by molar-refractivity contribution is 5.70. The zero-order valence-electron chi connectivity index (χ0n) is 17.3. The van der Waals surface area contributed by atoms with Gasteiger partial charge in [-0.3, -0.25) is 0 Å². The Morgan fingerprint density at radius 3 is 2.67 bits per heavy atom. The van der Waals surface area contributed by atoms with Crippen molar-refractivity contribution in [3.8, 4) is 0 Å². The van der Waals surface area contributed by atoms with Gasteiger partial charge in [0.05, 0.1) is 11.7 Å². The van der Waals surface area contributed by atoms with Crippen molar-refractivity contribution in [3.63, 3.8) is 0 Å². The molecule has 30 heavy (non-hydrogen) atoms. The third kappa shape index (κ3) is 3.49. The molecule has 0 fully saturated rings. The second-order valence-corrected chi connectivity index (χ2v) is 8.17. The molecule has 5 rings (SSSR count). The van der Waals surface area contributed by atoms with E-state index in [1.807, 2.05) is 10.6 Å². The van der Waals surface area contributed by atoms with Crippen LogP contribution in [-0.2, 0) is 13.0 Å². The monoisotopic (exact) mass is 398 g/mol. The highest BCUT2D eigenvalue weighted by Gasteiger charge is 2.23. The van der Waals surface area contributed by atoms with E-state index in [-0.39, 0.29) is 12.0 Å². The van der Waals surface area contributed by atoms with Gasteiger partial charge in [0.15, 0.2) is 5.82 Å². The lowest BCUT2D eigenvalue weighted by Crippen LogP contribution is -2.12. The summed E-state index contributed by atoms with van der Waals surface area (Å²) in [5.41, 5.74) is 5.70. The van der Waals surface area contributed by atoms with Crippen molar-refractivity contribution < 1.29 is 0 Å². The number of hydrogen-bond donors (Lipinski definition) is 2. The predicted octanol–water partition coefficient (Wildman–Crippen LogP) is 4.96. The van der Waals surface area contributed by atoms with Crippen LogP contribution in [0.2, 0.25) is 0 Å². The number of anilines is 2. The van der Waals surface area contributed by atoms with Crippen LogP contribution in [0.3, 0.4) is 0 Å². The van der Waals surface area contributed by atoms with Crippen molar-refractivity contribution >= 4 is 17.2 Å². The quantitative estimate of drug-likeness (QED) is 0.480. The first kappa shape index (κ1) is 18.6. The van der Waals surface area contributed by atoms with E-state index in [1.165, 1.54) is 16.7 Å².